The zero-order valence-corrected chi connectivity index (χ0v) is 14.7. The Morgan fingerprint density at radius 1 is 0.962 bits per heavy atom. The van der Waals surface area contributed by atoms with Crippen LogP contribution in [0.15, 0.2) is 60.7 Å². The van der Waals surface area contributed by atoms with E-state index in [1.807, 2.05) is 70.5 Å². The van der Waals surface area contributed by atoms with Gasteiger partial charge in [0.05, 0.1) is 12.2 Å². The zero-order valence-electron chi connectivity index (χ0n) is 14.7. The Morgan fingerprint density at radius 3 is 2.23 bits per heavy atom. The van der Waals surface area contributed by atoms with Gasteiger partial charge in [0.2, 0.25) is 5.91 Å². The number of piperidine rings is 1. The Labute approximate surface area is 153 Å². The second kappa shape index (κ2) is 6.92. The maximum atomic E-state index is 12.7. The van der Waals surface area contributed by atoms with E-state index in [1.54, 1.807) is 0 Å². The van der Waals surface area contributed by atoms with E-state index in [-0.39, 0.29) is 17.5 Å². The van der Waals surface area contributed by atoms with E-state index in [0.29, 0.717) is 26.2 Å². The molecule has 0 atom stereocenters. The molecule has 0 saturated carbocycles. The maximum Gasteiger partial charge on any atom is 0.253 e. The van der Waals surface area contributed by atoms with Crippen molar-refractivity contribution in [3.63, 3.8) is 0 Å². The van der Waals surface area contributed by atoms with Crippen LogP contribution in [0.1, 0.15) is 28.8 Å². The number of likely N-dealkylation sites (tertiary alicyclic amines) is 1. The molecule has 2 aromatic carbocycles. The Bertz CT molecular complexity index is 783. The molecule has 134 valence electrons. The van der Waals surface area contributed by atoms with Crippen LogP contribution in [0.3, 0.4) is 0 Å². The predicted octanol–water partition coefficient (Wildman–Crippen LogP) is 2.25. The molecule has 5 heteroatoms. The van der Waals surface area contributed by atoms with E-state index >= 15 is 0 Å². The quantitative estimate of drug-likeness (QED) is 0.925. The summed E-state index contributed by atoms with van der Waals surface area (Å²) in [6.07, 6.45) is 1.51. The third-order valence-electron chi connectivity index (χ3n) is 5.47. The molecule has 0 unspecified atom stereocenters. The smallest absolute Gasteiger partial charge is 0.253 e. The molecule has 4 rings (SSSR count). The van der Waals surface area contributed by atoms with Crippen LogP contribution in [0.4, 0.5) is 0 Å². The number of nitrogens with zero attached hydrogens (tertiary/aromatic N) is 2. The summed E-state index contributed by atoms with van der Waals surface area (Å²) in [5, 5.41) is 3.43. The van der Waals surface area contributed by atoms with Crippen molar-refractivity contribution in [2.45, 2.75) is 25.0 Å². The van der Waals surface area contributed by atoms with Crippen molar-refractivity contribution in [2.75, 3.05) is 19.6 Å². The van der Waals surface area contributed by atoms with E-state index in [4.69, 9.17) is 0 Å². The van der Waals surface area contributed by atoms with E-state index in [0.717, 1.165) is 24.0 Å². The van der Waals surface area contributed by atoms with Gasteiger partial charge in [-0.05, 0) is 17.7 Å². The molecule has 0 bridgehead atoms. The van der Waals surface area contributed by atoms with Gasteiger partial charge in [-0.2, -0.15) is 0 Å². The van der Waals surface area contributed by atoms with Crippen LogP contribution >= 0.6 is 0 Å². The summed E-state index contributed by atoms with van der Waals surface area (Å²) in [6.45, 7) is 2.29. The SMILES string of the molecule is O=C(c1ccccc1)N1CCC2(CC1)NCC(=O)N2Cc1ccccc1. The summed E-state index contributed by atoms with van der Waals surface area (Å²) >= 11 is 0. The van der Waals surface area contributed by atoms with E-state index in [2.05, 4.69) is 5.32 Å². The van der Waals surface area contributed by atoms with Gasteiger partial charge in [0.15, 0.2) is 0 Å². The van der Waals surface area contributed by atoms with Crippen LogP contribution < -0.4 is 5.32 Å². The first-order chi connectivity index (χ1) is 12.7. The molecule has 2 aromatic rings. The molecule has 2 heterocycles. The van der Waals surface area contributed by atoms with Crippen LogP contribution in [0.5, 0.6) is 0 Å². The first-order valence-electron chi connectivity index (χ1n) is 9.12. The molecule has 0 aliphatic carbocycles. The van der Waals surface area contributed by atoms with Crippen molar-refractivity contribution < 1.29 is 9.59 Å². The molecule has 2 amide bonds. The van der Waals surface area contributed by atoms with Gasteiger partial charge < -0.3 is 9.80 Å². The summed E-state index contributed by atoms with van der Waals surface area (Å²) in [5.74, 6) is 0.205. The van der Waals surface area contributed by atoms with Gasteiger partial charge >= 0.3 is 0 Å². The predicted molar refractivity (Wildman–Crippen MR) is 99.3 cm³/mol. The number of carbonyl (C=O) groups excluding carboxylic acids is 2. The maximum absolute atomic E-state index is 12.7. The minimum atomic E-state index is -0.333. The van der Waals surface area contributed by atoms with Crippen LogP contribution in [0.2, 0.25) is 0 Å². The zero-order chi connectivity index (χ0) is 18.0. The lowest BCUT2D eigenvalue weighted by atomic mass is 9.95. The lowest BCUT2D eigenvalue weighted by Gasteiger charge is -2.44. The summed E-state index contributed by atoms with van der Waals surface area (Å²) in [6, 6.07) is 19.5. The van der Waals surface area contributed by atoms with E-state index in [1.165, 1.54) is 0 Å². The highest BCUT2D eigenvalue weighted by Gasteiger charge is 2.47. The molecule has 2 fully saturated rings. The summed E-state index contributed by atoms with van der Waals surface area (Å²) in [5.41, 5.74) is 1.52. The van der Waals surface area contributed by atoms with Gasteiger partial charge in [-0.1, -0.05) is 48.5 Å². The van der Waals surface area contributed by atoms with Crippen LogP contribution in [0, 0.1) is 0 Å². The Balaban J connectivity index is 1.46. The monoisotopic (exact) mass is 349 g/mol. The van der Waals surface area contributed by atoms with Gasteiger partial charge in [0.1, 0.15) is 0 Å². The van der Waals surface area contributed by atoms with E-state index < -0.39 is 0 Å². The minimum Gasteiger partial charge on any atom is -0.338 e. The number of hydrogen-bond donors (Lipinski definition) is 1. The molecule has 0 aromatic heterocycles. The molecular weight excluding hydrogens is 326 g/mol. The molecule has 0 radical (unpaired) electrons. The molecule has 2 aliphatic heterocycles. The van der Waals surface area contributed by atoms with Crippen molar-refractivity contribution in [3.05, 3.63) is 71.8 Å². The second-order valence-corrected chi connectivity index (χ2v) is 7.01. The number of hydrogen-bond acceptors (Lipinski definition) is 3. The highest BCUT2D eigenvalue weighted by atomic mass is 16.2. The first kappa shape index (κ1) is 16.8. The fourth-order valence-corrected chi connectivity index (χ4v) is 3.96. The van der Waals surface area contributed by atoms with Gasteiger partial charge in [0.25, 0.3) is 5.91 Å². The van der Waals surface area contributed by atoms with Crippen LogP contribution in [-0.4, -0.2) is 46.9 Å². The van der Waals surface area contributed by atoms with Gasteiger partial charge in [-0.15, -0.1) is 0 Å². The van der Waals surface area contributed by atoms with Gasteiger partial charge in [0, 0.05) is 38.0 Å². The number of benzene rings is 2. The third kappa shape index (κ3) is 3.10. The molecular formula is C21H23N3O2. The summed E-state index contributed by atoms with van der Waals surface area (Å²) in [4.78, 5) is 29.0. The Hall–Kier alpha value is -2.66. The van der Waals surface area contributed by atoms with Crippen LogP contribution in [0.25, 0.3) is 0 Å². The van der Waals surface area contributed by atoms with Crippen molar-refractivity contribution in [1.82, 2.24) is 15.1 Å². The third-order valence-corrected chi connectivity index (χ3v) is 5.47. The van der Waals surface area contributed by atoms with Gasteiger partial charge in [-0.25, -0.2) is 0 Å². The molecule has 26 heavy (non-hydrogen) atoms. The van der Waals surface area contributed by atoms with Crippen molar-refractivity contribution >= 4 is 11.8 Å². The average Bonchev–Trinajstić information content (AvgIpc) is 2.99. The molecule has 2 aliphatic rings. The number of nitrogens with one attached hydrogen (secondary N) is 1. The lowest BCUT2D eigenvalue weighted by molar-refractivity contribution is -0.132. The standard InChI is InChI=1S/C21H23N3O2/c25-19-15-22-21(24(19)16-17-7-3-1-4-8-17)11-13-23(14-12-21)20(26)18-9-5-2-6-10-18/h1-10,22H,11-16H2. The van der Waals surface area contributed by atoms with E-state index in [9.17, 15) is 9.59 Å². The normalized spacial score (nSPS) is 19.2. The molecule has 2 saturated heterocycles. The van der Waals surface area contributed by atoms with Gasteiger partial charge in [-0.3, -0.25) is 14.9 Å². The molecule has 5 nitrogen and oxygen atoms in total. The molecule has 1 spiro atoms. The first-order valence-corrected chi connectivity index (χ1v) is 9.12. The summed E-state index contributed by atoms with van der Waals surface area (Å²) in [7, 11) is 0. The summed E-state index contributed by atoms with van der Waals surface area (Å²) < 4.78 is 0. The lowest BCUT2D eigenvalue weighted by Crippen LogP contribution is -2.58. The minimum absolute atomic E-state index is 0.0689. The average molecular weight is 349 g/mol. The van der Waals surface area contributed by atoms with Crippen molar-refractivity contribution in [2.24, 2.45) is 0 Å². The van der Waals surface area contributed by atoms with Crippen molar-refractivity contribution in [3.8, 4) is 0 Å². The second-order valence-electron chi connectivity index (χ2n) is 7.01. The number of carbonyl (C=O) groups is 2. The molecule has 1 N–H and O–H groups in total. The fraction of sp³-hybridized carbons (Fsp3) is 0.333. The fourth-order valence-electron chi connectivity index (χ4n) is 3.96. The topological polar surface area (TPSA) is 52.7 Å². The van der Waals surface area contributed by atoms with Crippen LogP contribution in [-0.2, 0) is 11.3 Å². The Morgan fingerprint density at radius 2 is 1.58 bits per heavy atom. The largest absolute Gasteiger partial charge is 0.338 e. The number of rotatable bonds is 3. The number of amides is 2. The highest BCUT2D eigenvalue weighted by molar-refractivity contribution is 5.94. The van der Waals surface area contributed by atoms with Crippen molar-refractivity contribution in [1.29, 1.82) is 0 Å². The highest BCUT2D eigenvalue weighted by Crippen LogP contribution is 2.32. The Kier molecular flexibility index (Phi) is 4.47.